The smallest absolute Gasteiger partial charge is 0.335 e. The van der Waals surface area contributed by atoms with E-state index in [9.17, 15) is 18.0 Å². The molecule has 0 bridgehead atoms. The van der Waals surface area contributed by atoms with Crippen molar-refractivity contribution in [1.82, 2.24) is 0 Å². The van der Waals surface area contributed by atoms with E-state index in [0.717, 1.165) is 21.9 Å². The summed E-state index contributed by atoms with van der Waals surface area (Å²) < 4.78 is 26.0. The third kappa shape index (κ3) is 6.17. The molecule has 6 nitrogen and oxygen atoms in total. The number of benzene rings is 4. The first-order valence-electron chi connectivity index (χ1n) is 11.6. The molecule has 4 rings (SSSR count). The Labute approximate surface area is 210 Å². The molecule has 36 heavy (non-hydrogen) atoms. The first-order chi connectivity index (χ1) is 17.2. The summed E-state index contributed by atoms with van der Waals surface area (Å²) in [5, 5.41) is 13.9. The molecule has 0 aliphatic heterocycles. The average molecular weight is 502 g/mol. The van der Waals surface area contributed by atoms with Crippen molar-refractivity contribution >= 4 is 38.2 Å². The Kier molecular flexibility index (Phi) is 7.50. The number of aromatic carboxylic acids is 1. The van der Waals surface area contributed by atoms with Crippen molar-refractivity contribution in [3.05, 3.63) is 108 Å². The number of amides is 1. The minimum atomic E-state index is -3.52. The van der Waals surface area contributed by atoms with Crippen molar-refractivity contribution in [3.8, 4) is 0 Å². The van der Waals surface area contributed by atoms with Crippen LogP contribution in [0.25, 0.3) is 10.8 Å². The molecule has 4 aromatic rings. The summed E-state index contributed by atoms with van der Waals surface area (Å²) in [7, 11) is -3.52. The molecule has 0 aliphatic carbocycles. The number of nitrogens with one attached hydrogen (secondary N) is 1. The second-order valence-electron chi connectivity index (χ2n) is 8.86. The van der Waals surface area contributed by atoms with Gasteiger partial charge in [-0.3, -0.25) is 4.79 Å². The Morgan fingerprint density at radius 3 is 2.19 bits per heavy atom. The van der Waals surface area contributed by atoms with E-state index in [1.165, 1.54) is 24.3 Å². The number of hydrogen-bond donors (Lipinski definition) is 2. The number of carbonyl (C=O) groups excluding carboxylic acids is 1. The number of carboxylic acid groups (broad SMARTS) is 1. The van der Waals surface area contributed by atoms with Gasteiger partial charge in [0, 0.05) is 12.1 Å². The van der Waals surface area contributed by atoms with Gasteiger partial charge in [-0.1, -0.05) is 60.2 Å². The molecule has 7 heteroatoms. The van der Waals surface area contributed by atoms with Gasteiger partial charge in [0.1, 0.15) is 0 Å². The minimum Gasteiger partial charge on any atom is -0.478 e. The number of hydrogen-bond acceptors (Lipinski definition) is 4. The number of fused-ring (bicyclic) bond motifs is 1. The molecule has 0 saturated heterocycles. The van der Waals surface area contributed by atoms with Gasteiger partial charge >= 0.3 is 5.97 Å². The number of anilines is 1. The van der Waals surface area contributed by atoms with Crippen LogP contribution in [0.1, 0.15) is 40.2 Å². The molecule has 0 fully saturated rings. The molecule has 0 saturated carbocycles. The van der Waals surface area contributed by atoms with Gasteiger partial charge in [0.05, 0.1) is 16.2 Å². The van der Waals surface area contributed by atoms with E-state index in [-0.39, 0.29) is 40.9 Å². The van der Waals surface area contributed by atoms with Gasteiger partial charge in [-0.2, -0.15) is 0 Å². The minimum absolute atomic E-state index is 0.0858. The van der Waals surface area contributed by atoms with Gasteiger partial charge in [0.2, 0.25) is 5.91 Å². The molecule has 1 atom stereocenters. The number of aryl methyl sites for hydroxylation is 1. The number of carboxylic acids is 1. The Bertz CT molecular complexity index is 1490. The van der Waals surface area contributed by atoms with E-state index in [0.29, 0.717) is 5.69 Å². The van der Waals surface area contributed by atoms with Crippen LogP contribution in [0.5, 0.6) is 0 Å². The predicted molar refractivity (Wildman–Crippen MR) is 141 cm³/mol. The summed E-state index contributed by atoms with van der Waals surface area (Å²) in [4.78, 5) is 24.3. The van der Waals surface area contributed by atoms with E-state index < -0.39 is 15.8 Å². The highest BCUT2D eigenvalue weighted by Crippen LogP contribution is 2.29. The SMILES string of the molecule is Cc1ccc(S(=O)(=O)CCC(CC(=O)Nc2ccc(C(=O)O)cc2)c2ccc3ccccc3c2)cc1. The topological polar surface area (TPSA) is 101 Å². The van der Waals surface area contributed by atoms with Crippen LogP contribution in [0.2, 0.25) is 0 Å². The second kappa shape index (κ2) is 10.7. The molecule has 0 radical (unpaired) electrons. The van der Waals surface area contributed by atoms with Crippen molar-refractivity contribution in [1.29, 1.82) is 0 Å². The molecule has 0 aliphatic rings. The highest BCUT2D eigenvalue weighted by atomic mass is 32.2. The summed E-state index contributed by atoms with van der Waals surface area (Å²) in [6.45, 7) is 1.90. The van der Waals surface area contributed by atoms with Crippen LogP contribution in [-0.4, -0.2) is 31.2 Å². The van der Waals surface area contributed by atoms with Gasteiger partial charge in [0.25, 0.3) is 0 Å². The third-order valence-electron chi connectivity index (χ3n) is 6.21. The van der Waals surface area contributed by atoms with Crippen LogP contribution in [0, 0.1) is 6.92 Å². The lowest BCUT2D eigenvalue weighted by Gasteiger charge is -2.18. The number of carbonyl (C=O) groups is 2. The normalized spacial score (nSPS) is 12.2. The Morgan fingerprint density at radius 2 is 1.53 bits per heavy atom. The summed E-state index contributed by atoms with van der Waals surface area (Å²) >= 11 is 0. The van der Waals surface area contributed by atoms with Gasteiger partial charge in [-0.05, 0) is 72.0 Å². The van der Waals surface area contributed by atoms with Crippen LogP contribution < -0.4 is 5.32 Å². The van der Waals surface area contributed by atoms with Crippen molar-refractivity contribution < 1.29 is 23.1 Å². The molecule has 2 N–H and O–H groups in total. The number of rotatable bonds is 9. The fourth-order valence-electron chi connectivity index (χ4n) is 4.14. The number of sulfone groups is 1. The molecule has 1 amide bonds. The monoisotopic (exact) mass is 501 g/mol. The van der Waals surface area contributed by atoms with Gasteiger partial charge in [-0.15, -0.1) is 0 Å². The van der Waals surface area contributed by atoms with Crippen LogP contribution in [-0.2, 0) is 14.6 Å². The summed E-state index contributed by atoms with van der Waals surface area (Å²) in [6.07, 6.45) is 0.363. The summed E-state index contributed by atoms with van der Waals surface area (Å²) in [6, 6.07) is 26.5. The maximum Gasteiger partial charge on any atom is 0.335 e. The summed E-state index contributed by atoms with van der Waals surface area (Å²) in [5.74, 6) is -1.73. The zero-order valence-electron chi connectivity index (χ0n) is 19.8. The van der Waals surface area contributed by atoms with Crippen LogP contribution >= 0.6 is 0 Å². The largest absolute Gasteiger partial charge is 0.478 e. The molecular formula is C29H27NO5S. The van der Waals surface area contributed by atoms with Crippen molar-refractivity contribution in [2.75, 3.05) is 11.1 Å². The zero-order valence-corrected chi connectivity index (χ0v) is 20.7. The Morgan fingerprint density at radius 1 is 0.861 bits per heavy atom. The Hall–Kier alpha value is -3.97. The van der Waals surface area contributed by atoms with E-state index >= 15 is 0 Å². The first-order valence-corrected chi connectivity index (χ1v) is 13.3. The molecule has 1 unspecified atom stereocenters. The zero-order chi connectivity index (χ0) is 25.7. The quantitative estimate of drug-likeness (QED) is 0.301. The fourth-order valence-corrected chi connectivity index (χ4v) is 5.52. The molecule has 0 spiro atoms. The lowest BCUT2D eigenvalue weighted by atomic mass is 9.91. The van der Waals surface area contributed by atoms with E-state index in [2.05, 4.69) is 5.32 Å². The van der Waals surface area contributed by atoms with Crippen LogP contribution in [0.4, 0.5) is 5.69 Å². The first kappa shape index (κ1) is 25.1. The van der Waals surface area contributed by atoms with Gasteiger partial charge in [0.15, 0.2) is 9.84 Å². The highest BCUT2D eigenvalue weighted by Gasteiger charge is 2.22. The third-order valence-corrected chi connectivity index (χ3v) is 7.97. The summed E-state index contributed by atoms with van der Waals surface area (Å²) in [5.41, 5.74) is 2.48. The highest BCUT2D eigenvalue weighted by molar-refractivity contribution is 7.91. The maximum atomic E-state index is 13.0. The maximum absolute atomic E-state index is 13.0. The van der Waals surface area contributed by atoms with E-state index in [1.54, 1.807) is 24.3 Å². The van der Waals surface area contributed by atoms with Gasteiger partial charge in [-0.25, -0.2) is 13.2 Å². The van der Waals surface area contributed by atoms with Gasteiger partial charge < -0.3 is 10.4 Å². The Balaban J connectivity index is 1.55. The molecule has 0 aromatic heterocycles. The van der Waals surface area contributed by atoms with Crippen molar-refractivity contribution in [2.45, 2.75) is 30.6 Å². The predicted octanol–water partition coefficient (Wildman–Crippen LogP) is 5.82. The average Bonchev–Trinajstić information content (AvgIpc) is 2.87. The lowest BCUT2D eigenvalue weighted by Crippen LogP contribution is -2.18. The molecule has 4 aromatic carbocycles. The van der Waals surface area contributed by atoms with Crippen molar-refractivity contribution in [2.24, 2.45) is 0 Å². The second-order valence-corrected chi connectivity index (χ2v) is 11.0. The fraction of sp³-hybridized carbons (Fsp3) is 0.172. The van der Waals surface area contributed by atoms with E-state index in [4.69, 9.17) is 5.11 Å². The van der Waals surface area contributed by atoms with Crippen molar-refractivity contribution in [3.63, 3.8) is 0 Å². The van der Waals surface area contributed by atoms with Crippen LogP contribution in [0.15, 0.2) is 95.9 Å². The lowest BCUT2D eigenvalue weighted by molar-refractivity contribution is -0.116. The molecular weight excluding hydrogens is 474 g/mol. The van der Waals surface area contributed by atoms with E-state index in [1.807, 2.05) is 49.4 Å². The molecule has 0 heterocycles. The molecule has 184 valence electrons. The standard InChI is InChI=1S/C29H27NO5S/c1-20-6-14-27(15-7-20)36(34,35)17-16-25(24-9-8-21-4-2-3-5-23(21)18-24)19-28(31)30-26-12-10-22(11-13-26)29(32)33/h2-15,18,25H,16-17,19H2,1H3,(H,30,31)(H,32,33). The van der Waals surface area contributed by atoms with Crippen LogP contribution in [0.3, 0.4) is 0 Å².